The van der Waals surface area contributed by atoms with Crippen LogP contribution in [0, 0.1) is 11.6 Å². The van der Waals surface area contributed by atoms with Crippen LogP contribution in [-0.2, 0) is 27.7 Å². The Hall–Kier alpha value is -3.68. The van der Waals surface area contributed by atoms with Crippen molar-refractivity contribution in [2.75, 3.05) is 0 Å². The maximum absolute atomic E-state index is 14.6. The summed E-state index contributed by atoms with van der Waals surface area (Å²) in [4.78, 5) is 13.1. The van der Waals surface area contributed by atoms with Gasteiger partial charge in [-0.25, -0.2) is 8.78 Å². The minimum absolute atomic E-state index is 0.117. The first-order valence-corrected chi connectivity index (χ1v) is 11.2. The van der Waals surface area contributed by atoms with E-state index in [4.69, 9.17) is 0 Å². The van der Waals surface area contributed by atoms with Gasteiger partial charge >= 0.3 is 18.5 Å². The molecule has 1 N–H and O–H groups in total. The van der Waals surface area contributed by atoms with Gasteiger partial charge < -0.3 is 10.1 Å². The lowest BCUT2D eigenvalue weighted by Gasteiger charge is -2.37. The maximum atomic E-state index is 14.6. The number of hydrogen-bond acceptors (Lipinski definition) is 2. The van der Waals surface area contributed by atoms with Crippen molar-refractivity contribution >= 4 is 5.91 Å². The third-order valence-electron chi connectivity index (χ3n) is 6.40. The molecule has 0 aliphatic carbocycles. The zero-order valence-corrected chi connectivity index (χ0v) is 19.7. The second-order valence-corrected chi connectivity index (χ2v) is 9.02. The van der Waals surface area contributed by atoms with Crippen LogP contribution in [0.25, 0.3) is 0 Å². The standard InChI is InChI=1S/C26H16F11NO2/c27-18-8-6-15(7-9-18)22(13-14-4-2-1-3-5-14,16-10-17(24(29,30)31)12-19(28)11-16)38-21(39)20-23(40-20,25(32,33)34)26(35,36)37/h1-12,20H,13H2,(H,38,39)/t20?,22-/m1/s1. The molecule has 1 fully saturated rings. The predicted molar refractivity (Wildman–Crippen MR) is 117 cm³/mol. The van der Waals surface area contributed by atoms with Crippen molar-refractivity contribution in [2.24, 2.45) is 0 Å². The van der Waals surface area contributed by atoms with E-state index in [0.29, 0.717) is 12.1 Å². The van der Waals surface area contributed by atoms with E-state index in [0.717, 1.165) is 24.3 Å². The Balaban J connectivity index is 1.94. The molecule has 3 nitrogen and oxygen atoms in total. The summed E-state index contributed by atoms with van der Waals surface area (Å²) in [6.45, 7) is 0. The average Bonchev–Trinajstić information content (AvgIpc) is 3.62. The minimum atomic E-state index is -6.09. The second-order valence-electron chi connectivity index (χ2n) is 9.02. The first-order valence-electron chi connectivity index (χ1n) is 11.2. The van der Waals surface area contributed by atoms with E-state index in [9.17, 15) is 53.1 Å². The highest BCUT2D eigenvalue weighted by molar-refractivity contribution is 5.87. The smallest absolute Gasteiger partial charge is 0.340 e. The van der Waals surface area contributed by atoms with Gasteiger partial charge in [-0.3, -0.25) is 4.79 Å². The number of epoxide rings is 1. The molecule has 1 unspecified atom stereocenters. The zero-order valence-electron chi connectivity index (χ0n) is 19.7. The normalized spacial score (nSPS) is 18.6. The van der Waals surface area contributed by atoms with E-state index in [2.05, 4.69) is 4.74 Å². The second kappa shape index (κ2) is 9.75. The highest BCUT2D eigenvalue weighted by atomic mass is 19.4. The number of carbonyl (C=O) groups is 1. The lowest BCUT2D eigenvalue weighted by molar-refractivity contribution is -0.292. The van der Waals surface area contributed by atoms with Crippen LogP contribution < -0.4 is 5.32 Å². The quantitative estimate of drug-likeness (QED) is 0.255. The van der Waals surface area contributed by atoms with Crippen LogP contribution in [-0.4, -0.2) is 30.0 Å². The molecule has 214 valence electrons. The summed E-state index contributed by atoms with van der Waals surface area (Å²) < 4.78 is 154. The van der Waals surface area contributed by atoms with Crippen LogP contribution in [0.15, 0.2) is 72.8 Å². The van der Waals surface area contributed by atoms with Crippen LogP contribution in [0.5, 0.6) is 0 Å². The molecule has 0 bridgehead atoms. The van der Waals surface area contributed by atoms with E-state index < -0.39 is 70.9 Å². The summed E-state index contributed by atoms with van der Waals surface area (Å²) in [6.07, 6.45) is -21.1. The zero-order chi connectivity index (χ0) is 29.7. The summed E-state index contributed by atoms with van der Waals surface area (Å²) in [7, 11) is 0. The number of benzene rings is 3. The highest BCUT2D eigenvalue weighted by Crippen LogP contribution is 2.59. The number of alkyl halides is 9. The highest BCUT2D eigenvalue weighted by Gasteiger charge is 2.88. The summed E-state index contributed by atoms with van der Waals surface area (Å²) in [5.74, 6) is -4.33. The molecule has 0 radical (unpaired) electrons. The van der Waals surface area contributed by atoms with Crippen molar-refractivity contribution in [2.45, 2.75) is 42.2 Å². The van der Waals surface area contributed by atoms with E-state index in [-0.39, 0.29) is 17.2 Å². The predicted octanol–water partition coefficient (Wildman–Crippen LogP) is 6.85. The molecule has 4 rings (SSSR count). The van der Waals surface area contributed by atoms with E-state index in [1.54, 1.807) is 0 Å². The summed E-state index contributed by atoms with van der Waals surface area (Å²) in [5, 5.41) is 1.98. The first kappa shape index (κ1) is 29.3. The van der Waals surface area contributed by atoms with Crippen molar-refractivity contribution in [1.29, 1.82) is 0 Å². The van der Waals surface area contributed by atoms with Gasteiger partial charge in [-0.2, -0.15) is 39.5 Å². The fourth-order valence-electron chi connectivity index (χ4n) is 4.45. The van der Waals surface area contributed by atoms with E-state index in [1.807, 2.05) is 5.32 Å². The van der Waals surface area contributed by atoms with Gasteiger partial charge in [0.25, 0.3) is 11.5 Å². The molecule has 2 atom stereocenters. The van der Waals surface area contributed by atoms with Crippen LogP contribution in [0.3, 0.4) is 0 Å². The Morgan fingerprint density at radius 1 is 0.725 bits per heavy atom. The Morgan fingerprint density at radius 3 is 1.77 bits per heavy atom. The van der Waals surface area contributed by atoms with Gasteiger partial charge in [0.05, 0.1) is 11.1 Å². The fourth-order valence-corrected chi connectivity index (χ4v) is 4.45. The summed E-state index contributed by atoms with van der Waals surface area (Å²) >= 11 is 0. The lowest BCUT2D eigenvalue weighted by atomic mass is 9.77. The van der Waals surface area contributed by atoms with Crippen molar-refractivity contribution in [3.63, 3.8) is 0 Å². The van der Waals surface area contributed by atoms with Crippen molar-refractivity contribution in [3.05, 3.63) is 107 Å². The van der Waals surface area contributed by atoms with Crippen LogP contribution in [0.1, 0.15) is 22.3 Å². The van der Waals surface area contributed by atoms with Crippen molar-refractivity contribution in [3.8, 4) is 0 Å². The van der Waals surface area contributed by atoms with Gasteiger partial charge in [0, 0.05) is 6.42 Å². The molecule has 1 aliphatic rings. The number of nitrogens with one attached hydrogen (secondary N) is 1. The Bertz CT molecular complexity index is 1370. The van der Waals surface area contributed by atoms with Gasteiger partial charge in [0.2, 0.25) is 0 Å². The number of ether oxygens (including phenoxy) is 1. The molecule has 1 aliphatic heterocycles. The van der Waals surface area contributed by atoms with Crippen molar-refractivity contribution < 1.29 is 57.8 Å². The number of rotatable bonds is 6. The van der Waals surface area contributed by atoms with E-state index >= 15 is 0 Å². The number of amides is 1. The number of halogens is 11. The third kappa shape index (κ3) is 5.23. The molecule has 40 heavy (non-hydrogen) atoms. The van der Waals surface area contributed by atoms with Gasteiger partial charge in [-0.1, -0.05) is 42.5 Å². The maximum Gasteiger partial charge on any atom is 0.429 e. The molecule has 3 aromatic rings. The van der Waals surface area contributed by atoms with Crippen LogP contribution in [0.4, 0.5) is 48.3 Å². The largest absolute Gasteiger partial charge is 0.429 e. The first-order chi connectivity index (χ1) is 18.4. The Kier molecular flexibility index (Phi) is 7.14. The van der Waals surface area contributed by atoms with Gasteiger partial charge in [0.1, 0.15) is 11.6 Å². The molecule has 1 amide bonds. The van der Waals surface area contributed by atoms with Gasteiger partial charge in [-0.15, -0.1) is 0 Å². The van der Waals surface area contributed by atoms with Gasteiger partial charge in [0.15, 0.2) is 6.10 Å². The molecule has 1 heterocycles. The Morgan fingerprint density at radius 2 is 1.27 bits per heavy atom. The van der Waals surface area contributed by atoms with Gasteiger partial charge in [-0.05, 0) is 47.0 Å². The minimum Gasteiger partial charge on any atom is -0.340 e. The molecule has 0 spiro atoms. The van der Waals surface area contributed by atoms with Crippen LogP contribution in [0.2, 0.25) is 0 Å². The molecule has 1 saturated heterocycles. The number of carbonyl (C=O) groups excluding carboxylic acids is 1. The van der Waals surface area contributed by atoms with Crippen molar-refractivity contribution in [1.82, 2.24) is 5.32 Å². The van der Waals surface area contributed by atoms with Crippen LogP contribution >= 0.6 is 0 Å². The molecule has 3 aromatic carbocycles. The molecular formula is C26H16F11NO2. The third-order valence-corrected chi connectivity index (χ3v) is 6.40. The lowest BCUT2D eigenvalue weighted by Crippen LogP contribution is -2.55. The fraction of sp³-hybridized carbons (Fsp3) is 0.269. The SMILES string of the molecule is O=C(N[C@](Cc1ccccc1)(c1ccc(F)cc1)c1cc(F)cc(C(F)(F)F)c1)C1OC1(C(F)(F)F)C(F)(F)F. The topological polar surface area (TPSA) is 41.6 Å². The number of hydrogen-bond donors (Lipinski definition) is 1. The van der Waals surface area contributed by atoms with E-state index in [1.165, 1.54) is 30.3 Å². The monoisotopic (exact) mass is 583 g/mol. The molecular weight excluding hydrogens is 567 g/mol. The summed E-state index contributed by atoms with van der Waals surface area (Å²) in [5.41, 5.74) is -9.59. The molecule has 14 heteroatoms. The molecule has 0 saturated carbocycles. The Labute approximate surface area is 218 Å². The molecule has 0 aromatic heterocycles. The summed E-state index contributed by atoms with van der Waals surface area (Å²) in [6, 6.07) is 11.8. The average molecular weight is 583 g/mol.